The van der Waals surface area contributed by atoms with E-state index in [1.54, 1.807) is 0 Å². The molecule has 0 aliphatic heterocycles. The fourth-order valence-corrected chi connectivity index (χ4v) is 1.48. The molecule has 0 radical (unpaired) electrons. The molecule has 0 amide bonds. The van der Waals surface area contributed by atoms with E-state index in [1.165, 1.54) is 0 Å². The van der Waals surface area contributed by atoms with Gasteiger partial charge in [-0.05, 0) is 32.4 Å². The molecule has 1 aromatic rings. The fourth-order valence-electron chi connectivity index (χ4n) is 1.21. The van der Waals surface area contributed by atoms with Crippen LogP contribution in [0, 0.1) is 0 Å². The number of rotatable bonds is 3. The number of ether oxygens (including phenoxy) is 1. The van der Waals surface area contributed by atoms with Gasteiger partial charge in [0, 0.05) is 5.02 Å². The number of hydrogen-bond donors (Lipinski definition) is 1. The van der Waals surface area contributed by atoms with Crippen molar-refractivity contribution in [2.75, 3.05) is 6.61 Å². The van der Waals surface area contributed by atoms with E-state index >= 15 is 0 Å². The van der Waals surface area contributed by atoms with Gasteiger partial charge in [0.25, 0.3) is 0 Å². The van der Waals surface area contributed by atoms with Crippen LogP contribution in [-0.4, -0.2) is 12.2 Å². The first-order chi connectivity index (χ1) is 6.90. The predicted molar refractivity (Wildman–Crippen MR) is 64.1 cm³/mol. The van der Waals surface area contributed by atoms with Gasteiger partial charge in [0.1, 0.15) is 0 Å². The van der Waals surface area contributed by atoms with Crippen LogP contribution in [0.5, 0.6) is 0 Å². The third-order valence-corrected chi connectivity index (χ3v) is 2.34. The molecule has 1 rings (SSSR count). The Morgan fingerprint density at radius 2 is 1.93 bits per heavy atom. The maximum atomic E-state index is 6.03. The molecule has 0 aliphatic rings. The van der Waals surface area contributed by atoms with E-state index in [4.69, 9.17) is 22.1 Å². The molecule has 0 saturated heterocycles. The molecule has 1 unspecified atom stereocenters. The van der Waals surface area contributed by atoms with E-state index < -0.39 is 0 Å². The second-order valence-electron chi connectivity index (χ2n) is 4.55. The lowest BCUT2D eigenvalue weighted by atomic mass is 10.1. The summed E-state index contributed by atoms with van der Waals surface area (Å²) in [6, 6.07) is 7.42. The van der Waals surface area contributed by atoms with Crippen LogP contribution in [0.2, 0.25) is 5.02 Å². The Hall–Kier alpha value is -0.570. The Bertz CT molecular complexity index is 320. The summed E-state index contributed by atoms with van der Waals surface area (Å²) in [5.41, 5.74) is 6.76. The van der Waals surface area contributed by atoms with Crippen LogP contribution in [0.15, 0.2) is 24.3 Å². The molecule has 84 valence electrons. The SMILES string of the molecule is CC(C)(C)OCC(N)c1ccccc1Cl. The molecule has 3 heteroatoms. The molecule has 1 aromatic carbocycles. The van der Waals surface area contributed by atoms with Crippen molar-refractivity contribution in [1.29, 1.82) is 0 Å². The molecule has 0 bridgehead atoms. The van der Waals surface area contributed by atoms with E-state index in [9.17, 15) is 0 Å². The summed E-state index contributed by atoms with van der Waals surface area (Å²) in [5.74, 6) is 0. The molecule has 1 atom stereocenters. The van der Waals surface area contributed by atoms with Gasteiger partial charge in [0.2, 0.25) is 0 Å². The van der Waals surface area contributed by atoms with E-state index in [1.807, 2.05) is 45.0 Å². The molecule has 0 aliphatic carbocycles. The van der Waals surface area contributed by atoms with Crippen molar-refractivity contribution in [3.05, 3.63) is 34.9 Å². The number of benzene rings is 1. The van der Waals surface area contributed by atoms with Crippen molar-refractivity contribution in [1.82, 2.24) is 0 Å². The van der Waals surface area contributed by atoms with Gasteiger partial charge in [-0.15, -0.1) is 0 Å². The van der Waals surface area contributed by atoms with Crippen molar-refractivity contribution in [3.8, 4) is 0 Å². The van der Waals surface area contributed by atoms with Gasteiger partial charge in [-0.1, -0.05) is 29.8 Å². The summed E-state index contributed by atoms with van der Waals surface area (Å²) >= 11 is 6.03. The molecule has 0 fully saturated rings. The van der Waals surface area contributed by atoms with Crippen molar-refractivity contribution in [2.24, 2.45) is 5.73 Å². The second-order valence-corrected chi connectivity index (χ2v) is 4.96. The number of hydrogen-bond acceptors (Lipinski definition) is 2. The van der Waals surface area contributed by atoms with Crippen LogP contribution >= 0.6 is 11.6 Å². The average molecular weight is 228 g/mol. The van der Waals surface area contributed by atoms with E-state index in [0.29, 0.717) is 11.6 Å². The Labute approximate surface area is 96.4 Å². The summed E-state index contributed by atoms with van der Waals surface area (Å²) in [7, 11) is 0. The molecule has 15 heavy (non-hydrogen) atoms. The van der Waals surface area contributed by atoms with Crippen LogP contribution in [0.25, 0.3) is 0 Å². The smallest absolute Gasteiger partial charge is 0.0667 e. The zero-order valence-corrected chi connectivity index (χ0v) is 10.2. The van der Waals surface area contributed by atoms with E-state index in [-0.39, 0.29) is 11.6 Å². The van der Waals surface area contributed by atoms with Crippen molar-refractivity contribution >= 4 is 11.6 Å². The first kappa shape index (κ1) is 12.5. The largest absolute Gasteiger partial charge is 0.374 e. The van der Waals surface area contributed by atoms with E-state index in [2.05, 4.69) is 0 Å². The Morgan fingerprint density at radius 1 is 1.33 bits per heavy atom. The molecular weight excluding hydrogens is 210 g/mol. The molecule has 2 N–H and O–H groups in total. The standard InChI is InChI=1S/C12H18ClNO/c1-12(2,3)15-8-11(14)9-6-4-5-7-10(9)13/h4-7,11H,8,14H2,1-3H3. The van der Waals surface area contributed by atoms with Crippen LogP contribution in [-0.2, 0) is 4.74 Å². The lowest BCUT2D eigenvalue weighted by Gasteiger charge is -2.23. The third-order valence-electron chi connectivity index (χ3n) is 2.00. The fraction of sp³-hybridized carbons (Fsp3) is 0.500. The molecule has 0 heterocycles. The maximum Gasteiger partial charge on any atom is 0.0667 e. The van der Waals surface area contributed by atoms with Crippen molar-refractivity contribution < 1.29 is 4.74 Å². The first-order valence-corrected chi connectivity index (χ1v) is 5.42. The van der Waals surface area contributed by atoms with Gasteiger partial charge in [-0.2, -0.15) is 0 Å². The topological polar surface area (TPSA) is 35.2 Å². The summed E-state index contributed by atoms with van der Waals surface area (Å²) in [4.78, 5) is 0. The minimum Gasteiger partial charge on any atom is -0.374 e. The first-order valence-electron chi connectivity index (χ1n) is 5.04. The lowest BCUT2D eigenvalue weighted by Crippen LogP contribution is -2.26. The van der Waals surface area contributed by atoms with Crippen LogP contribution in [0.3, 0.4) is 0 Å². The molecule has 2 nitrogen and oxygen atoms in total. The van der Waals surface area contributed by atoms with Crippen LogP contribution in [0.1, 0.15) is 32.4 Å². The maximum absolute atomic E-state index is 6.03. The van der Waals surface area contributed by atoms with Gasteiger partial charge in [0.15, 0.2) is 0 Å². The molecular formula is C12H18ClNO. The second kappa shape index (κ2) is 4.97. The zero-order valence-electron chi connectivity index (χ0n) is 9.46. The quantitative estimate of drug-likeness (QED) is 0.861. The number of halogens is 1. The zero-order chi connectivity index (χ0) is 11.5. The summed E-state index contributed by atoms with van der Waals surface area (Å²) in [5, 5.41) is 0.697. The van der Waals surface area contributed by atoms with Crippen LogP contribution < -0.4 is 5.73 Å². The van der Waals surface area contributed by atoms with Gasteiger partial charge >= 0.3 is 0 Å². The molecule has 0 saturated carbocycles. The van der Waals surface area contributed by atoms with E-state index in [0.717, 1.165) is 5.56 Å². The Morgan fingerprint density at radius 3 is 2.47 bits per heavy atom. The lowest BCUT2D eigenvalue weighted by molar-refractivity contribution is -0.0102. The van der Waals surface area contributed by atoms with Gasteiger partial charge in [-0.25, -0.2) is 0 Å². The monoisotopic (exact) mass is 227 g/mol. The summed E-state index contributed by atoms with van der Waals surface area (Å²) in [6.07, 6.45) is 0. The van der Waals surface area contributed by atoms with Gasteiger partial charge < -0.3 is 10.5 Å². The highest BCUT2D eigenvalue weighted by Crippen LogP contribution is 2.22. The number of nitrogens with two attached hydrogens (primary N) is 1. The third kappa shape index (κ3) is 4.20. The van der Waals surface area contributed by atoms with Crippen molar-refractivity contribution in [2.45, 2.75) is 32.4 Å². The minimum atomic E-state index is -0.169. The highest BCUT2D eigenvalue weighted by Gasteiger charge is 2.15. The Kier molecular flexibility index (Phi) is 4.14. The Balaban J connectivity index is 2.62. The molecule has 0 aromatic heterocycles. The predicted octanol–water partition coefficient (Wildman–Crippen LogP) is 3.15. The van der Waals surface area contributed by atoms with Gasteiger partial charge in [-0.3, -0.25) is 0 Å². The average Bonchev–Trinajstić information content (AvgIpc) is 2.14. The highest BCUT2D eigenvalue weighted by atomic mass is 35.5. The molecule has 0 spiro atoms. The van der Waals surface area contributed by atoms with Crippen LogP contribution in [0.4, 0.5) is 0 Å². The summed E-state index contributed by atoms with van der Waals surface area (Å²) < 4.78 is 5.62. The van der Waals surface area contributed by atoms with Crippen molar-refractivity contribution in [3.63, 3.8) is 0 Å². The van der Waals surface area contributed by atoms with Gasteiger partial charge in [0.05, 0.1) is 18.2 Å². The summed E-state index contributed by atoms with van der Waals surface area (Å²) in [6.45, 7) is 6.50. The highest BCUT2D eigenvalue weighted by molar-refractivity contribution is 6.31. The minimum absolute atomic E-state index is 0.168. The normalized spacial score (nSPS) is 13.9.